The highest BCUT2D eigenvalue weighted by Crippen LogP contribution is 2.26. The number of hydrogen-bond acceptors (Lipinski definition) is 3. The Morgan fingerprint density at radius 1 is 1.38 bits per heavy atom. The van der Waals surface area contributed by atoms with E-state index in [4.69, 9.17) is 11.6 Å². The van der Waals surface area contributed by atoms with Crippen molar-refractivity contribution >= 4 is 11.6 Å². The molecule has 1 N–H and O–H groups in total. The molecule has 0 radical (unpaired) electrons. The lowest BCUT2D eigenvalue weighted by molar-refractivity contribution is 0.511. The molecule has 0 aliphatic rings. The summed E-state index contributed by atoms with van der Waals surface area (Å²) in [6.45, 7) is 5.21. The first-order valence-electron chi connectivity index (χ1n) is 7.50. The summed E-state index contributed by atoms with van der Waals surface area (Å²) in [4.78, 5) is 4.23. The third-order valence-corrected chi connectivity index (χ3v) is 4.06. The Labute approximate surface area is 131 Å². The molecule has 1 atom stereocenters. The molecular formula is C16H23ClN4. The van der Waals surface area contributed by atoms with Crippen LogP contribution in [0.5, 0.6) is 0 Å². The number of aryl methyl sites for hydroxylation is 2. The molecule has 2 rings (SSSR count). The van der Waals surface area contributed by atoms with Crippen LogP contribution in [0.25, 0.3) is 0 Å². The van der Waals surface area contributed by atoms with E-state index in [1.165, 1.54) is 5.56 Å². The number of hydrogen-bond donors (Lipinski definition) is 1. The topological polar surface area (TPSA) is 42.7 Å². The Kier molecular flexibility index (Phi) is 5.76. The molecule has 0 saturated heterocycles. The van der Waals surface area contributed by atoms with Gasteiger partial charge in [0.05, 0.1) is 16.4 Å². The smallest absolute Gasteiger partial charge is 0.0850 e. The van der Waals surface area contributed by atoms with E-state index in [1.54, 1.807) is 6.20 Å². The average molecular weight is 307 g/mol. The maximum atomic E-state index is 6.47. The van der Waals surface area contributed by atoms with Crippen LogP contribution < -0.4 is 5.32 Å². The second-order valence-electron chi connectivity index (χ2n) is 5.18. The lowest BCUT2D eigenvalue weighted by Gasteiger charge is -2.19. The van der Waals surface area contributed by atoms with Gasteiger partial charge in [-0.25, -0.2) is 0 Å². The molecule has 0 saturated carbocycles. The van der Waals surface area contributed by atoms with Crippen LogP contribution in [0.15, 0.2) is 24.5 Å². The molecule has 0 fully saturated rings. The number of rotatable bonds is 7. The number of nitrogens with one attached hydrogen (secondary N) is 1. The number of nitrogens with zero attached hydrogens (tertiary/aromatic N) is 3. The third kappa shape index (κ3) is 3.83. The second kappa shape index (κ2) is 7.57. The third-order valence-electron chi connectivity index (χ3n) is 3.63. The summed E-state index contributed by atoms with van der Waals surface area (Å²) in [6, 6.07) is 4.28. The molecular weight excluding hydrogens is 284 g/mol. The van der Waals surface area contributed by atoms with Crippen molar-refractivity contribution in [3.8, 4) is 0 Å². The average Bonchev–Trinajstić information content (AvgIpc) is 2.79. The van der Waals surface area contributed by atoms with Crippen molar-refractivity contribution in [2.45, 2.75) is 39.2 Å². The molecule has 0 bridgehead atoms. The fraction of sp³-hybridized carbons (Fsp3) is 0.500. The van der Waals surface area contributed by atoms with E-state index in [2.05, 4.69) is 35.3 Å². The molecule has 5 heteroatoms. The van der Waals surface area contributed by atoms with Crippen LogP contribution in [0.1, 0.15) is 43.3 Å². The molecule has 4 nitrogen and oxygen atoms in total. The van der Waals surface area contributed by atoms with Crippen LogP contribution >= 0.6 is 11.6 Å². The summed E-state index contributed by atoms with van der Waals surface area (Å²) >= 11 is 6.47. The van der Waals surface area contributed by atoms with Crippen LogP contribution in [-0.2, 0) is 19.9 Å². The SMILES string of the molecule is CCCNC(Cc1c(Cl)c(CC)nn1C)c1cccnc1. The maximum absolute atomic E-state index is 6.47. The maximum Gasteiger partial charge on any atom is 0.0850 e. The largest absolute Gasteiger partial charge is 0.310 e. The lowest BCUT2D eigenvalue weighted by atomic mass is 10.0. The summed E-state index contributed by atoms with van der Waals surface area (Å²) < 4.78 is 1.90. The Morgan fingerprint density at radius 2 is 2.19 bits per heavy atom. The van der Waals surface area contributed by atoms with Crippen LogP contribution in [-0.4, -0.2) is 21.3 Å². The van der Waals surface area contributed by atoms with Gasteiger partial charge in [-0.15, -0.1) is 0 Å². The van der Waals surface area contributed by atoms with Gasteiger partial charge in [-0.2, -0.15) is 5.10 Å². The molecule has 114 valence electrons. The lowest BCUT2D eigenvalue weighted by Crippen LogP contribution is -2.25. The van der Waals surface area contributed by atoms with Crippen molar-refractivity contribution in [2.75, 3.05) is 6.54 Å². The predicted octanol–water partition coefficient (Wildman–Crippen LogP) is 3.31. The summed E-state index contributed by atoms with van der Waals surface area (Å²) in [5.74, 6) is 0. The Morgan fingerprint density at radius 3 is 2.76 bits per heavy atom. The van der Waals surface area contributed by atoms with Gasteiger partial charge in [0.1, 0.15) is 0 Å². The molecule has 2 heterocycles. The van der Waals surface area contributed by atoms with Crippen molar-refractivity contribution in [1.29, 1.82) is 0 Å². The van der Waals surface area contributed by atoms with Gasteiger partial charge in [0.2, 0.25) is 0 Å². The fourth-order valence-corrected chi connectivity index (χ4v) is 2.81. The van der Waals surface area contributed by atoms with Gasteiger partial charge in [0, 0.05) is 31.9 Å². The van der Waals surface area contributed by atoms with Gasteiger partial charge < -0.3 is 5.32 Å². The van der Waals surface area contributed by atoms with Crippen LogP contribution in [0.2, 0.25) is 5.02 Å². The van der Waals surface area contributed by atoms with Gasteiger partial charge in [-0.05, 0) is 31.0 Å². The normalized spacial score (nSPS) is 12.6. The summed E-state index contributed by atoms with van der Waals surface area (Å²) in [5, 5.41) is 8.87. The van der Waals surface area contributed by atoms with E-state index < -0.39 is 0 Å². The highest BCUT2D eigenvalue weighted by atomic mass is 35.5. The van der Waals surface area contributed by atoms with Crippen molar-refractivity contribution in [3.63, 3.8) is 0 Å². The van der Waals surface area contributed by atoms with Crippen molar-refractivity contribution in [3.05, 3.63) is 46.5 Å². The van der Waals surface area contributed by atoms with Crippen molar-refractivity contribution in [1.82, 2.24) is 20.1 Å². The Hall–Kier alpha value is -1.39. The zero-order valence-corrected chi connectivity index (χ0v) is 13.7. The van der Waals surface area contributed by atoms with Crippen LogP contribution in [0, 0.1) is 0 Å². The van der Waals surface area contributed by atoms with Crippen LogP contribution in [0.4, 0.5) is 0 Å². The highest BCUT2D eigenvalue weighted by molar-refractivity contribution is 6.31. The first kappa shape index (κ1) is 16.0. The van der Waals surface area contributed by atoms with E-state index in [0.29, 0.717) is 0 Å². The van der Waals surface area contributed by atoms with Gasteiger partial charge in [0.15, 0.2) is 0 Å². The Balaban J connectivity index is 2.25. The van der Waals surface area contributed by atoms with E-state index in [0.717, 1.165) is 42.2 Å². The highest BCUT2D eigenvalue weighted by Gasteiger charge is 2.19. The molecule has 0 amide bonds. The predicted molar refractivity (Wildman–Crippen MR) is 86.6 cm³/mol. The van der Waals surface area contributed by atoms with Gasteiger partial charge in [-0.3, -0.25) is 9.67 Å². The summed E-state index contributed by atoms with van der Waals surface area (Å²) in [5.41, 5.74) is 3.22. The molecule has 0 spiro atoms. The zero-order valence-electron chi connectivity index (χ0n) is 12.9. The van der Waals surface area contributed by atoms with Gasteiger partial charge in [0.25, 0.3) is 0 Å². The fourth-order valence-electron chi connectivity index (χ4n) is 2.44. The molecule has 2 aromatic heterocycles. The molecule has 2 aromatic rings. The van der Waals surface area contributed by atoms with E-state index in [9.17, 15) is 0 Å². The number of aromatic nitrogens is 3. The standard InChI is InChI=1S/C16H23ClN4/c1-4-8-19-14(12-7-6-9-18-11-12)10-15-16(17)13(5-2)20-21(15)3/h6-7,9,11,14,19H,4-5,8,10H2,1-3H3. The van der Waals surface area contributed by atoms with Gasteiger partial charge >= 0.3 is 0 Å². The second-order valence-corrected chi connectivity index (χ2v) is 5.56. The minimum absolute atomic E-state index is 0.205. The number of pyridine rings is 1. The van der Waals surface area contributed by atoms with Crippen molar-refractivity contribution in [2.24, 2.45) is 7.05 Å². The van der Waals surface area contributed by atoms with Crippen molar-refractivity contribution < 1.29 is 0 Å². The van der Waals surface area contributed by atoms with E-state index in [1.807, 2.05) is 24.0 Å². The molecule has 0 aliphatic carbocycles. The van der Waals surface area contributed by atoms with Gasteiger partial charge in [-0.1, -0.05) is 31.5 Å². The molecule has 1 unspecified atom stereocenters. The number of halogens is 1. The molecule has 21 heavy (non-hydrogen) atoms. The monoisotopic (exact) mass is 306 g/mol. The van der Waals surface area contributed by atoms with Crippen LogP contribution in [0.3, 0.4) is 0 Å². The first-order valence-corrected chi connectivity index (χ1v) is 7.88. The molecule has 0 aliphatic heterocycles. The van der Waals surface area contributed by atoms with E-state index >= 15 is 0 Å². The first-order chi connectivity index (χ1) is 10.2. The minimum atomic E-state index is 0.205. The summed E-state index contributed by atoms with van der Waals surface area (Å²) in [6.07, 6.45) is 6.47. The summed E-state index contributed by atoms with van der Waals surface area (Å²) in [7, 11) is 1.96. The quantitative estimate of drug-likeness (QED) is 0.853. The van der Waals surface area contributed by atoms with E-state index in [-0.39, 0.29) is 6.04 Å². The zero-order chi connectivity index (χ0) is 15.2. The minimum Gasteiger partial charge on any atom is -0.310 e. The molecule has 0 aromatic carbocycles. The Bertz CT molecular complexity index is 565.